The molecule has 8 heteroatoms. The van der Waals surface area contributed by atoms with E-state index in [0.29, 0.717) is 13.1 Å². The third-order valence-corrected chi connectivity index (χ3v) is 3.41. The van der Waals surface area contributed by atoms with Gasteiger partial charge in [-0.3, -0.25) is 9.89 Å². The lowest BCUT2D eigenvalue weighted by atomic mass is 10.1. The van der Waals surface area contributed by atoms with Gasteiger partial charge in [0, 0.05) is 46.4 Å². The van der Waals surface area contributed by atoms with Gasteiger partial charge in [0.2, 0.25) is 0 Å². The van der Waals surface area contributed by atoms with Crippen molar-refractivity contribution >= 4 is 29.9 Å². The molecule has 1 aliphatic rings. The molecule has 7 nitrogen and oxygen atoms in total. The minimum atomic E-state index is -0.841. The second-order valence-electron chi connectivity index (χ2n) is 5.85. The summed E-state index contributed by atoms with van der Waals surface area (Å²) in [4.78, 5) is 6.71. The first kappa shape index (κ1) is 22.8. The van der Waals surface area contributed by atoms with E-state index >= 15 is 0 Å². The van der Waals surface area contributed by atoms with Crippen LogP contribution in [0.2, 0.25) is 0 Å². The van der Waals surface area contributed by atoms with E-state index in [4.69, 9.17) is 9.47 Å². The van der Waals surface area contributed by atoms with Crippen LogP contribution < -0.4 is 10.6 Å². The molecule has 0 spiro atoms. The zero-order chi connectivity index (χ0) is 16.3. The number of aliphatic hydroxyl groups is 1. The van der Waals surface area contributed by atoms with Gasteiger partial charge in [-0.25, -0.2) is 0 Å². The lowest BCUT2D eigenvalue weighted by molar-refractivity contribution is -0.0180. The number of ether oxygens (including phenoxy) is 2. The molecular weight excluding hydrogens is 411 g/mol. The number of nitrogens with zero attached hydrogens (tertiary/aromatic N) is 2. The molecule has 0 aromatic rings. The van der Waals surface area contributed by atoms with E-state index in [1.165, 1.54) is 0 Å². The second-order valence-corrected chi connectivity index (χ2v) is 5.85. The molecule has 1 saturated heterocycles. The first-order valence-electron chi connectivity index (χ1n) is 8.11. The molecule has 1 unspecified atom stereocenters. The lowest BCUT2D eigenvalue weighted by Crippen LogP contribution is -2.48. The quantitative estimate of drug-likeness (QED) is 0.205. The fraction of sp³-hybridized carbons (Fsp3) is 0.933. The Morgan fingerprint density at radius 2 is 2.04 bits per heavy atom. The Morgan fingerprint density at radius 3 is 2.65 bits per heavy atom. The summed E-state index contributed by atoms with van der Waals surface area (Å²) in [6.45, 7) is 10.4. The fourth-order valence-corrected chi connectivity index (χ4v) is 2.31. The van der Waals surface area contributed by atoms with E-state index in [1.807, 2.05) is 13.8 Å². The van der Waals surface area contributed by atoms with Crippen molar-refractivity contribution in [1.82, 2.24) is 15.5 Å². The third kappa shape index (κ3) is 11.1. The van der Waals surface area contributed by atoms with Gasteiger partial charge in [-0.2, -0.15) is 0 Å². The van der Waals surface area contributed by atoms with Crippen LogP contribution in [0.4, 0.5) is 0 Å². The van der Waals surface area contributed by atoms with Gasteiger partial charge in [-0.1, -0.05) is 0 Å². The predicted molar refractivity (Wildman–Crippen MR) is 104 cm³/mol. The Hall–Kier alpha value is -0.160. The average molecular weight is 444 g/mol. The molecule has 0 bridgehead atoms. The van der Waals surface area contributed by atoms with Crippen molar-refractivity contribution < 1.29 is 14.6 Å². The SMILES string of the molecule is CCNC(=NCC(C)(O)CN1CCOCC1)NCCCOC.I. The summed E-state index contributed by atoms with van der Waals surface area (Å²) in [5, 5.41) is 17.0. The number of hydrogen-bond donors (Lipinski definition) is 3. The van der Waals surface area contributed by atoms with Crippen molar-refractivity contribution in [3.8, 4) is 0 Å². The highest BCUT2D eigenvalue weighted by molar-refractivity contribution is 14.0. The van der Waals surface area contributed by atoms with E-state index in [1.54, 1.807) is 7.11 Å². The number of morpholine rings is 1. The van der Waals surface area contributed by atoms with Crippen molar-refractivity contribution in [2.24, 2.45) is 4.99 Å². The Morgan fingerprint density at radius 1 is 1.35 bits per heavy atom. The van der Waals surface area contributed by atoms with Crippen molar-refractivity contribution in [3.63, 3.8) is 0 Å². The number of guanidine groups is 1. The monoisotopic (exact) mass is 444 g/mol. The fourth-order valence-electron chi connectivity index (χ4n) is 2.31. The van der Waals surface area contributed by atoms with Gasteiger partial charge < -0.3 is 25.2 Å². The molecule has 0 aliphatic carbocycles. The number of halogens is 1. The molecule has 0 saturated carbocycles. The Bertz CT molecular complexity index is 324. The lowest BCUT2D eigenvalue weighted by Gasteiger charge is -2.33. The molecule has 3 N–H and O–H groups in total. The van der Waals surface area contributed by atoms with Crippen LogP contribution in [0.5, 0.6) is 0 Å². The third-order valence-electron chi connectivity index (χ3n) is 3.41. The zero-order valence-electron chi connectivity index (χ0n) is 14.6. The molecule has 0 radical (unpaired) electrons. The summed E-state index contributed by atoms with van der Waals surface area (Å²) in [6.07, 6.45) is 0.922. The van der Waals surface area contributed by atoms with Gasteiger partial charge in [0.15, 0.2) is 5.96 Å². The van der Waals surface area contributed by atoms with Gasteiger partial charge in [0.25, 0.3) is 0 Å². The van der Waals surface area contributed by atoms with Crippen molar-refractivity contribution in [1.29, 1.82) is 0 Å². The van der Waals surface area contributed by atoms with Crippen molar-refractivity contribution in [2.75, 3.05) is 66.2 Å². The minimum Gasteiger partial charge on any atom is -0.387 e. The smallest absolute Gasteiger partial charge is 0.191 e. The summed E-state index contributed by atoms with van der Waals surface area (Å²) in [5.74, 6) is 0.737. The van der Waals surface area contributed by atoms with Gasteiger partial charge in [0.1, 0.15) is 0 Å². The highest BCUT2D eigenvalue weighted by atomic mass is 127. The highest BCUT2D eigenvalue weighted by Gasteiger charge is 2.25. The van der Waals surface area contributed by atoms with Gasteiger partial charge in [-0.05, 0) is 20.3 Å². The van der Waals surface area contributed by atoms with E-state index in [9.17, 15) is 5.11 Å². The van der Waals surface area contributed by atoms with E-state index in [2.05, 4.69) is 20.5 Å². The molecule has 1 atom stereocenters. The maximum atomic E-state index is 10.5. The Kier molecular flexibility index (Phi) is 13.1. The summed E-state index contributed by atoms with van der Waals surface area (Å²) in [6, 6.07) is 0. The molecule has 138 valence electrons. The summed E-state index contributed by atoms with van der Waals surface area (Å²) >= 11 is 0. The largest absolute Gasteiger partial charge is 0.387 e. The van der Waals surface area contributed by atoms with Crippen molar-refractivity contribution in [3.05, 3.63) is 0 Å². The molecule has 0 amide bonds. The van der Waals surface area contributed by atoms with Gasteiger partial charge in [0.05, 0.1) is 25.4 Å². The van der Waals surface area contributed by atoms with Crippen LogP contribution in [0, 0.1) is 0 Å². The standard InChI is InChI=1S/C15H32N4O3.HI/c1-4-16-14(17-6-5-9-21-3)18-12-15(2,20)13-19-7-10-22-11-8-19;/h20H,4-13H2,1-3H3,(H2,16,17,18);1H. The van der Waals surface area contributed by atoms with Gasteiger partial charge in [-0.15, -0.1) is 24.0 Å². The minimum absolute atomic E-state index is 0. The number of rotatable bonds is 9. The molecule has 1 aliphatic heterocycles. The number of β-amino-alcohol motifs (C(OH)–C–C–N with tert-alkyl or cyclic N) is 1. The van der Waals surface area contributed by atoms with Crippen LogP contribution in [-0.2, 0) is 9.47 Å². The predicted octanol–water partition coefficient (Wildman–Crippen LogP) is 0.279. The number of hydrogen-bond acceptors (Lipinski definition) is 5. The molecular formula is C15H33IN4O3. The first-order chi connectivity index (χ1) is 10.6. The molecule has 0 aromatic carbocycles. The van der Waals surface area contributed by atoms with Crippen LogP contribution in [0.25, 0.3) is 0 Å². The van der Waals surface area contributed by atoms with E-state index in [0.717, 1.165) is 58.4 Å². The second kappa shape index (κ2) is 13.2. The van der Waals surface area contributed by atoms with Crippen molar-refractivity contribution in [2.45, 2.75) is 25.9 Å². The Labute approximate surface area is 157 Å². The van der Waals surface area contributed by atoms with Crippen LogP contribution in [-0.4, -0.2) is 87.8 Å². The van der Waals surface area contributed by atoms with Crippen LogP contribution in [0.3, 0.4) is 0 Å². The topological polar surface area (TPSA) is 78.4 Å². The van der Waals surface area contributed by atoms with Crippen LogP contribution in [0.15, 0.2) is 4.99 Å². The number of nitrogens with one attached hydrogen (secondary N) is 2. The van der Waals surface area contributed by atoms with Crippen LogP contribution in [0.1, 0.15) is 20.3 Å². The average Bonchev–Trinajstić information content (AvgIpc) is 2.49. The number of methoxy groups -OCH3 is 1. The zero-order valence-corrected chi connectivity index (χ0v) is 17.0. The number of aliphatic imine (C=N–C) groups is 1. The van der Waals surface area contributed by atoms with E-state index < -0.39 is 5.60 Å². The van der Waals surface area contributed by atoms with E-state index in [-0.39, 0.29) is 24.0 Å². The summed E-state index contributed by atoms with van der Waals surface area (Å²) in [7, 11) is 1.70. The summed E-state index contributed by atoms with van der Waals surface area (Å²) < 4.78 is 10.4. The molecule has 1 heterocycles. The maximum Gasteiger partial charge on any atom is 0.191 e. The van der Waals surface area contributed by atoms with Gasteiger partial charge >= 0.3 is 0 Å². The summed E-state index contributed by atoms with van der Waals surface area (Å²) in [5.41, 5.74) is -0.841. The maximum absolute atomic E-state index is 10.5. The first-order valence-corrected chi connectivity index (χ1v) is 8.11. The highest BCUT2D eigenvalue weighted by Crippen LogP contribution is 2.09. The molecule has 1 rings (SSSR count). The normalized spacial score (nSPS) is 18.9. The van der Waals surface area contributed by atoms with Crippen LogP contribution >= 0.6 is 24.0 Å². The molecule has 0 aromatic heterocycles. The Balaban J connectivity index is 0.00000484. The molecule has 1 fully saturated rings. The molecule has 23 heavy (non-hydrogen) atoms.